The molecule has 0 bridgehead atoms. The quantitative estimate of drug-likeness (QED) is 0.462. The van der Waals surface area contributed by atoms with E-state index in [1.807, 2.05) is 19.9 Å². The lowest BCUT2D eigenvalue weighted by Gasteiger charge is -2.32. The zero-order chi connectivity index (χ0) is 22.9. The number of fused-ring (bicyclic) bond motifs is 1. The summed E-state index contributed by atoms with van der Waals surface area (Å²) in [6.07, 6.45) is 1.58. The molecular weight excluding hydrogens is 464 g/mol. The van der Waals surface area contributed by atoms with Gasteiger partial charge in [-0.25, -0.2) is 0 Å². The van der Waals surface area contributed by atoms with Crippen molar-refractivity contribution < 1.29 is 24.5 Å². The SMILES string of the molecule is Cc1cc(Br)c(O[C@@H]2C=C(C(=O)N[C@H](CC(C)C)C(N)=O)C[C@@H](O)[C@H]2O)c2c1CCC2. The Bertz CT molecular complexity index is 898. The second kappa shape index (κ2) is 9.71. The Labute approximate surface area is 191 Å². The molecule has 0 spiro atoms. The van der Waals surface area contributed by atoms with Crippen LogP contribution in [0.4, 0.5) is 0 Å². The number of aliphatic hydroxyl groups excluding tert-OH is 2. The second-order valence-corrected chi connectivity index (χ2v) is 9.76. The number of halogens is 1. The largest absolute Gasteiger partial charge is 0.482 e. The maximum absolute atomic E-state index is 12.8. The van der Waals surface area contributed by atoms with Crippen molar-refractivity contribution in [2.75, 3.05) is 0 Å². The molecule has 0 aromatic heterocycles. The van der Waals surface area contributed by atoms with Gasteiger partial charge >= 0.3 is 0 Å². The van der Waals surface area contributed by atoms with E-state index in [4.69, 9.17) is 10.5 Å². The fourth-order valence-electron chi connectivity index (χ4n) is 4.35. The van der Waals surface area contributed by atoms with Crippen LogP contribution >= 0.6 is 15.9 Å². The number of hydrogen-bond donors (Lipinski definition) is 4. The third kappa shape index (κ3) is 5.30. The Kier molecular flexibility index (Phi) is 7.44. The number of ether oxygens (including phenoxy) is 1. The van der Waals surface area contributed by atoms with E-state index in [9.17, 15) is 19.8 Å². The molecule has 2 aliphatic carbocycles. The van der Waals surface area contributed by atoms with Crippen molar-refractivity contribution in [3.63, 3.8) is 0 Å². The molecule has 0 saturated carbocycles. The fourth-order valence-corrected chi connectivity index (χ4v) is 5.03. The van der Waals surface area contributed by atoms with Gasteiger partial charge < -0.3 is 26.0 Å². The third-order valence-corrected chi connectivity index (χ3v) is 6.54. The lowest BCUT2D eigenvalue weighted by atomic mass is 9.91. The van der Waals surface area contributed by atoms with Gasteiger partial charge in [-0.05, 0) is 83.3 Å². The van der Waals surface area contributed by atoms with Gasteiger partial charge in [-0.1, -0.05) is 13.8 Å². The van der Waals surface area contributed by atoms with Crippen LogP contribution in [-0.2, 0) is 22.4 Å². The molecular formula is C23H31BrN2O5. The van der Waals surface area contributed by atoms with Crippen LogP contribution in [0.25, 0.3) is 0 Å². The highest BCUT2D eigenvalue weighted by Crippen LogP contribution is 2.40. The van der Waals surface area contributed by atoms with Gasteiger partial charge in [0.05, 0.1) is 10.6 Å². The Hall–Kier alpha value is -1.90. The molecule has 3 rings (SSSR count). The minimum atomic E-state index is -1.18. The summed E-state index contributed by atoms with van der Waals surface area (Å²) in [6, 6.07) is 1.19. The van der Waals surface area contributed by atoms with Crippen molar-refractivity contribution in [2.24, 2.45) is 11.7 Å². The van der Waals surface area contributed by atoms with Gasteiger partial charge in [0.25, 0.3) is 0 Å². The molecule has 0 aliphatic heterocycles. The number of amides is 2. The predicted molar refractivity (Wildman–Crippen MR) is 121 cm³/mol. The van der Waals surface area contributed by atoms with Gasteiger partial charge in [-0.15, -0.1) is 0 Å². The van der Waals surface area contributed by atoms with Crippen molar-refractivity contribution in [3.05, 3.63) is 38.9 Å². The highest BCUT2D eigenvalue weighted by Gasteiger charge is 2.36. The number of nitrogens with one attached hydrogen (secondary N) is 1. The highest BCUT2D eigenvalue weighted by atomic mass is 79.9. The van der Waals surface area contributed by atoms with Gasteiger partial charge in [-0.3, -0.25) is 9.59 Å². The standard InChI is InChI=1S/C23H31BrN2O5/c1-11(2)7-17(22(25)29)26-23(30)13-9-18(27)20(28)19(10-13)31-21-15-6-4-5-14(15)12(3)8-16(21)24/h8,10-11,17-20,27-28H,4-7,9H2,1-3H3,(H2,25,29)(H,26,30)/t17-,18-,19-,20-/m1/s1. The van der Waals surface area contributed by atoms with E-state index in [1.54, 1.807) is 0 Å². The molecule has 170 valence electrons. The first-order valence-corrected chi connectivity index (χ1v) is 11.5. The summed E-state index contributed by atoms with van der Waals surface area (Å²) in [6.45, 7) is 5.93. The number of carbonyl (C=O) groups is 2. The second-order valence-electron chi connectivity index (χ2n) is 8.91. The summed E-state index contributed by atoms with van der Waals surface area (Å²) in [7, 11) is 0. The normalized spacial score (nSPS) is 23.8. The molecule has 0 saturated heterocycles. The van der Waals surface area contributed by atoms with Crippen molar-refractivity contribution >= 4 is 27.7 Å². The van der Waals surface area contributed by atoms with Crippen LogP contribution in [0.5, 0.6) is 5.75 Å². The Morgan fingerprint density at radius 3 is 2.61 bits per heavy atom. The maximum Gasteiger partial charge on any atom is 0.247 e. The smallest absolute Gasteiger partial charge is 0.247 e. The molecule has 0 fully saturated rings. The van der Waals surface area contributed by atoms with Gasteiger partial charge in [0.2, 0.25) is 11.8 Å². The number of rotatable bonds is 7. The number of aryl methyl sites for hydroxylation is 1. The number of carbonyl (C=O) groups excluding carboxylic acids is 2. The number of hydrogen-bond acceptors (Lipinski definition) is 5. The van der Waals surface area contributed by atoms with E-state index < -0.39 is 36.2 Å². The van der Waals surface area contributed by atoms with E-state index >= 15 is 0 Å². The molecule has 2 aliphatic rings. The Morgan fingerprint density at radius 2 is 1.97 bits per heavy atom. The van der Waals surface area contributed by atoms with Crippen LogP contribution in [0, 0.1) is 12.8 Å². The first kappa shape index (κ1) is 23.8. The van der Waals surface area contributed by atoms with Crippen LogP contribution in [0.1, 0.15) is 49.8 Å². The van der Waals surface area contributed by atoms with Crippen molar-refractivity contribution in [1.82, 2.24) is 5.32 Å². The van der Waals surface area contributed by atoms with E-state index in [1.165, 1.54) is 17.2 Å². The Morgan fingerprint density at radius 1 is 1.29 bits per heavy atom. The van der Waals surface area contributed by atoms with Crippen molar-refractivity contribution in [1.29, 1.82) is 0 Å². The highest BCUT2D eigenvalue weighted by molar-refractivity contribution is 9.10. The first-order valence-electron chi connectivity index (χ1n) is 10.7. The average Bonchev–Trinajstić information content (AvgIpc) is 3.17. The van der Waals surface area contributed by atoms with Gasteiger partial charge in [0.1, 0.15) is 24.0 Å². The molecule has 4 atom stereocenters. The predicted octanol–water partition coefficient (Wildman–Crippen LogP) is 2.06. The van der Waals surface area contributed by atoms with Crippen molar-refractivity contribution in [3.8, 4) is 5.75 Å². The molecule has 1 aromatic carbocycles. The van der Waals surface area contributed by atoms with E-state index in [2.05, 4.69) is 28.2 Å². The molecule has 31 heavy (non-hydrogen) atoms. The van der Waals surface area contributed by atoms with Crippen LogP contribution in [0.15, 0.2) is 22.2 Å². The Balaban J connectivity index is 1.85. The number of nitrogens with two attached hydrogens (primary N) is 1. The summed E-state index contributed by atoms with van der Waals surface area (Å²) >= 11 is 3.56. The summed E-state index contributed by atoms with van der Waals surface area (Å²) < 4.78 is 6.94. The van der Waals surface area contributed by atoms with E-state index in [0.717, 1.165) is 29.3 Å². The zero-order valence-corrected chi connectivity index (χ0v) is 19.7. The van der Waals surface area contributed by atoms with E-state index in [0.29, 0.717) is 12.2 Å². The first-order chi connectivity index (χ1) is 14.6. The fraction of sp³-hybridized carbons (Fsp3) is 0.565. The summed E-state index contributed by atoms with van der Waals surface area (Å²) in [5.74, 6) is -0.284. The molecule has 8 heteroatoms. The molecule has 5 N–H and O–H groups in total. The molecule has 1 aromatic rings. The van der Waals surface area contributed by atoms with Crippen LogP contribution in [0.3, 0.4) is 0 Å². The van der Waals surface area contributed by atoms with Gasteiger partial charge in [-0.2, -0.15) is 0 Å². The molecule has 0 heterocycles. The third-order valence-electron chi connectivity index (χ3n) is 5.95. The minimum absolute atomic E-state index is 0.0345. The summed E-state index contributed by atoms with van der Waals surface area (Å²) in [4.78, 5) is 24.5. The molecule has 2 amide bonds. The molecule has 0 unspecified atom stereocenters. The monoisotopic (exact) mass is 494 g/mol. The molecule has 7 nitrogen and oxygen atoms in total. The lowest BCUT2D eigenvalue weighted by Crippen LogP contribution is -2.49. The van der Waals surface area contributed by atoms with Crippen LogP contribution < -0.4 is 15.8 Å². The maximum atomic E-state index is 12.8. The van der Waals surface area contributed by atoms with Crippen molar-refractivity contribution in [2.45, 2.75) is 77.2 Å². The minimum Gasteiger partial charge on any atom is -0.482 e. The zero-order valence-electron chi connectivity index (χ0n) is 18.2. The van der Waals surface area contributed by atoms with E-state index in [-0.39, 0.29) is 17.9 Å². The average molecular weight is 495 g/mol. The summed E-state index contributed by atoms with van der Waals surface area (Å²) in [5.41, 5.74) is 9.24. The number of benzene rings is 1. The summed E-state index contributed by atoms with van der Waals surface area (Å²) in [5, 5.41) is 23.6. The van der Waals surface area contributed by atoms with Gasteiger partial charge in [0.15, 0.2) is 0 Å². The molecule has 0 radical (unpaired) electrons. The number of primary amides is 1. The lowest BCUT2D eigenvalue weighted by molar-refractivity contribution is -0.126. The van der Waals surface area contributed by atoms with Crippen LogP contribution in [-0.4, -0.2) is 46.4 Å². The topological polar surface area (TPSA) is 122 Å². The van der Waals surface area contributed by atoms with Crippen LogP contribution in [0.2, 0.25) is 0 Å². The van der Waals surface area contributed by atoms with Gasteiger partial charge in [0, 0.05) is 12.0 Å². The number of aliphatic hydroxyl groups is 2.